The monoisotopic (exact) mass is 335 g/mol. The number of carbonyl (C=O) groups is 2. The van der Waals surface area contributed by atoms with E-state index < -0.39 is 17.9 Å². The number of benzene rings is 2. The number of nitrogens with two attached hydrogens (primary N) is 1. The van der Waals surface area contributed by atoms with Crippen molar-refractivity contribution in [2.75, 3.05) is 0 Å². The minimum Gasteiger partial charge on any atom is -0.444 e. The molecule has 0 spiro atoms. The normalized spacial score (nSPS) is 11.7. The summed E-state index contributed by atoms with van der Waals surface area (Å²) in [7, 11) is 0. The maximum absolute atomic E-state index is 12.4. The van der Waals surface area contributed by atoms with Crippen LogP contribution in [0.1, 0.15) is 16.1 Å². The van der Waals surface area contributed by atoms with Crippen molar-refractivity contribution < 1.29 is 14.0 Å². The number of hydrogen-bond acceptors (Lipinski definition) is 4. The summed E-state index contributed by atoms with van der Waals surface area (Å²) in [5.41, 5.74) is 7.17. The van der Waals surface area contributed by atoms with E-state index in [1.807, 2.05) is 60.7 Å². The van der Waals surface area contributed by atoms with Crippen LogP contribution in [-0.2, 0) is 11.2 Å². The Labute approximate surface area is 144 Å². The summed E-state index contributed by atoms with van der Waals surface area (Å²) in [5.74, 6) is -0.779. The second-order valence-corrected chi connectivity index (χ2v) is 5.52. The minimum absolute atomic E-state index is 0.0955. The van der Waals surface area contributed by atoms with E-state index in [4.69, 9.17) is 10.2 Å². The number of rotatable bonds is 6. The fourth-order valence-corrected chi connectivity index (χ4v) is 2.40. The molecule has 1 atom stereocenters. The Balaban J connectivity index is 1.72. The zero-order valence-corrected chi connectivity index (χ0v) is 13.4. The van der Waals surface area contributed by atoms with E-state index in [1.54, 1.807) is 0 Å². The summed E-state index contributed by atoms with van der Waals surface area (Å²) in [5, 5.41) is 2.61. The largest absolute Gasteiger partial charge is 0.444 e. The van der Waals surface area contributed by atoms with Crippen molar-refractivity contribution in [1.29, 1.82) is 0 Å². The molecule has 126 valence electrons. The van der Waals surface area contributed by atoms with Crippen LogP contribution in [0.4, 0.5) is 0 Å². The van der Waals surface area contributed by atoms with Crippen LogP contribution in [-0.4, -0.2) is 22.8 Å². The van der Waals surface area contributed by atoms with Gasteiger partial charge in [-0.25, -0.2) is 4.98 Å². The molecule has 3 rings (SSSR count). The fraction of sp³-hybridized carbons (Fsp3) is 0.105. The van der Waals surface area contributed by atoms with Gasteiger partial charge in [-0.05, 0) is 17.7 Å². The van der Waals surface area contributed by atoms with E-state index in [9.17, 15) is 9.59 Å². The van der Waals surface area contributed by atoms with Crippen molar-refractivity contribution in [3.63, 3.8) is 0 Å². The lowest BCUT2D eigenvalue weighted by molar-refractivity contribution is -0.119. The third-order valence-electron chi connectivity index (χ3n) is 3.69. The molecule has 25 heavy (non-hydrogen) atoms. The van der Waals surface area contributed by atoms with Crippen LogP contribution < -0.4 is 11.1 Å². The van der Waals surface area contributed by atoms with Crippen molar-refractivity contribution in [3.05, 3.63) is 78.2 Å². The first-order valence-corrected chi connectivity index (χ1v) is 7.78. The molecule has 0 bridgehead atoms. The second-order valence-electron chi connectivity index (χ2n) is 5.52. The summed E-state index contributed by atoms with van der Waals surface area (Å²) in [6, 6.07) is 17.7. The average molecular weight is 335 g/mol. The highest BCUT2D eigenvalue weighted by molar-refractivity contribution is 5.96. The SMILES string of the molecule is NC(=O)C(Cc1ccccc1)NC(=O)c1coc(-c2ccccc2)n1. The van der Waals surface area contributed by atoms with Crippen molar-refractivity contribution >= 4 is 11.8 Å². The number of amides is 2. The smallest absolute Gasteiger partial charge is 0.273 e. The van der Waals surface area contributed by atoms with E-state index in [0.29, 0.717) is 12.3 Å². The third-order valence-corrected chi connectivity index (χ3v) is 3.69. The van der Waals surface area contributed by atoms with Gasteiger partial charge in [-0.3, -0.25) is 9.59 Å². The Morgan fingerprint density at radius 3 is 2.32 bits per heavy atom. The topological polar surface area (TPSA) is 98.2 Å². The van der Waals surface area contributed by atoms with E-state index in [2.05, 4.69) is 10.3 Å². The Morgan fingerprint density at radius 1 is 1.04 bits per heavy atom. The first kappa shape index (κ1) is 16.4. The number of nitrogens with one attached hydrogen (secondary N) is 1. The maximum Gasteiger partial charge on any atom is 0.273 e. The van der Waals surface area contributed by atoms with Gasteiger partial charge in [-0.2, -0.15) is 0 Å². The molecule has 0 fully saturated rings. The van der Waals surface area contributed by atoms with Gasteiger partial charge in [-0.1, -0.05) is 48.5 Å². The van der Waals surface area contributed by atoms with Crippen molar-refractivity contribution in [2.45, 2.75) is 12.5 Å². The summed E-state index contributed by atoms with van der Waals surface area (Å²) in [6.45, 7) is 0. The van der Waals surface area contributed by atoms with E-state index in [1.165, 1.54) is 6.26 Å². The third kappa shape index (κ3) is 4.11. The van der Waals surface area contributed by atoms with Crippen LogP contribution >= 0.6 is 0 Å². The number of aromatic nitrogens is 1. The maximum atomic E-state index is 12.4. The zero-order chi connectivity index (χ0) is 17.6. The standard InChI is InChI=1S/C19H17N3O3/c20-17(23)15(11-13-7-3-1-4-8-13)21-18(24)16-12-25-19(22-16)14-9-5-2-6-10-14/h1-10,12,15H,11H2,(H2,20,23)(H,21,24). The lowest BCUT2D eigenvalue weighted by Gasteiger charge is -2.14. The molecule has 1 aromatic heterocycles. The Morgan fingerprint density at radius 2 is 1.68 bits per heavy atom. The number of hydrogen-bond donors (Lipinski definition) is 2. The summed E-state index contributed by atoms with van der Waals surface area (Å²) >= 11 is 0. The molecule has 2 aromatic carbocycles. The molecule has 6 heteroatoms. The highest BCUT2D eigenvalue weighted by Crippen LogP contribution is 2.18. The molecular formula is C19H17N3O3. The highest BCUT2D eigenvalue weighted by atomic mass is 16.3. The lowest BCUT2D eigenvalue weighted by atomic mass is 10.1. The summed E-state index contributed by atoms with van der Waals surface area (Å²) in [4.78, 5) is 28.2. The summed E-state index contributed by atoms with van der Waals surface area (Å²) < 4.78 is 5.34. The van der Waals surface area contributed by atoms with Gasteiger partial charge >= 0.3 is 0 Å². The van der Waals surface area contributed by atoms with Crippen LogP contribution in [0.2, 0.25) is 0 Å². The lowest BCUT2D eigenvalue weighted by Crippen LogP contribution is -2.45. The first-order chi connectivity index (χ1) is 12.1. The summed E-state index contributed by atoms with van der Waals surface area (Å²) in [6.07, 6.45) is 1.57. The van der Waals surface area contributed by atoms with Crippen LogP contribution in [0.5, 0.6) is 0 Å². The molecule has 0 radical (unpaired) electrons. The highest BCUT2D eigenvalue weighted by Gasteiger charge is 2.21. The first-order valence-electron chi connectivity index (χ1n) is 7.78. The second kappa shape index (κ2) is 7.44. The minimum atomic E-state index is -0.827. The van der Waals surface area contributed by atoms with E-state index >= 15 is 0 Å². The Kier molecular flexibility index (Phi) is 4.89. The molecular weight excluding hydrogens is 318 g/mol. The number of primary amides is 1. The van der Waals surface area contributed by atoms with Crippen molar-refractivity contribution in [1.82, 2.24) is 10.3 Å². The molecule has 0 saturated carbocycles. The number of nitrogens with zero attached hydrogens (tertiary/aromatic N) is 1. The van der Waals surface area contributed by atoms with Crippen molar-refractivity contribution in [3.8, 4) is 11.5 Å². The fourth-order valence-electron chi connectivity index (χ4n) is 2.40. The predicted molar refractivity (Wildman–Crippen MR) is 92.5 cm³/mol. The molecule has 0 aliphatic heterocycles. The van der Waals surface area contributed by atoms with Crippen LogP contribution in [0.15, 0.2) is 71.3 Å². The van der Waals surface area contributed by atoms with Gasteiger partial charge in [0.25, 0.3) is 5.91 Å². The molecule has 0 aliphatic rings. The number of oxazole rings is 1. The quantitative estimate of drug-likeness (QED) is 0.721. The predicted octanol–water partition coefficient (Wildman–Crippen LogP) is 2.17. The molecule has 0 saturated heterocycles. The molecule has 1 unspecified atom stereocenters. The van der Waals surface area contributed by atoms with Gasteiger partial charge in [-0.15, -0.1) is 0 Å². The Hall–Kier alpha value is -3.41. The van der Waals surface area contributed by atoms with Gasteiger partial charge in [0.05, 0.1) is 0 Å². The molecule has 6 nitrogen and oxygen atoms in total. The van der Waals surface area contributed by atoms with Gasteiger partial charge in [0.15, 0.2) is 5.69 Å². The molecule has 3 aromatic rings. The average Bonchev–Trinajstić information content (AvgIpc) is 3.13. The van der Waals surface area contributed by atoms with Gasteiger partial charge in [0, 0.05) is 12.0 Å². The molecule has 0 aliphatic carbocycles. The van der Waals surface area contributed by atoms with E-state index in [-0.39, 0.29) is 5.69 Å². The molecule has 1 heterocycles. The van der Waals surface area contributed by atoms with Crippen molar-refractivity contribution in [2.24, 2.45) is 5.73 Å². The van der Waals surface area contributed by atoms with Crippen LogP contribution in [0.3, 0.4) is 0 Å². The van der Waals surface area contributed by atoms with Gasteiger partial charge < -0.3 is 15.5 Å². The molecule has 2 amide bonds. The van der Waals surface area contributed by atoms with E-state index in [0.717, 1.165) is 11.1 Å². The van der Waals surface area contributed by atoms with Crippen LogP contribution in [0.25, 0.3) is 11.5 Å². The zero-order valence-electron chi connectivity index (χ0n) is 13.4. The Bertz CT molecular complexity index is 860. The van der Waals surface area contributed by atoms with Gasteiger partial charge in [0.1, 0.15) is 12.3 Å². The molecule has 3 N–H and O–H groups in total. The van der Waals surface area contributed by atoms with Crippen LogP contribution in [0, 0.1) is 0 Å². The van der Waals surface area contributed by atoms with Gasteiger partial charge in [0.2, 0.25) is 11.8 Å². The number of carbonyl (C=O) groups excluding carboxylic acids is 2.